The molecule has 0 bridgehead atoms. The third-order valence-corrected chi connectivity index (χ3v) is 2.40. The highest BCUT2D eigenvalue weighted by molar-refractivity contribution is 5.76. The van der Waals surface area contributed by atoms with Crippen LogP contribution in [0.2, 0.25) is 0 Å². The first-order chi connectivity index (χ1) is 13.5. The zero-order valence-corrected chi connectivity index (χ0v) is 14.9. The van der Waals surface area contributed by atoms with E-state index < -0.39 is 24.3 Å². The predicted octanol–water partition coefficient (Wildman–Crippen LogP) is 0.500. The number of rotatable bonds is 4. The van der Waals surface area contributed by atoms with Crippen LogP contribution in [0, 0.1) is 0 Å². The maximum Gasteiger partial charge on any atom is 0.490 e. The van der Waals surface area contributed by atoms with Crippen LogP contribution in [-0.2, 0) is 22.7 Å². The summed E-state index contributed by atoms with van der Waals surface area (Å²) in [5.74, 6) is -5.34. The van der Waals surface area contributed by atoms with Crippen molar-refractivity contribution in [3.05, 3.63) is 35.4 Å². The number of hydrogen-bond donors (Lipinski definition) is 6. The Morgan fingerprint density at radius 3 is 1.03 bits per heavy atom. The van der Waals surface area contributed by atoms with Crippen LogP contribution in [0.3, 0.4) is 0 Å². The monoisotopic (exact) mass is 448 g/mol. The Morgan fingerprint density at radius 1 is 0.700 bits per heavy atom. The van der Waals surface area contributed by atoms with Crippen LogP contribution in [0.15, 0.2) is 34.3 Å². The third kappa shape index (κ3) is 16.5. The standard InChI is InChI=1S/C10H16N6.2C2HF3O2/c11-9(12)15-5-7-1-2-8(4-3-7)6-16-10(13)14;2*3-2(4,5)1(6)7/h1-4H,5-6H2,(H4,11,12,15)(H4,13,14,16);2*(H,6,7). The van der Waals surface area contributed by atoms with Crippen molar-refractivity contribution in [3.8, 4) is 0 Å². The first kappa shape index (κ1) is 28.5. The third-order valence-electron chi connectivity index (χ3n) is 2.40. The first-order valence-electron chi connectivity index (χ1n) is 7.25. The second-order valence-corrected chi connectivity index (χ2v) is 4.90. The highest BCUT2D eigenvalue weighted by Gasteiger charge is 2.38. The molecule has 0 saturated heterocycles. The van der Waals surface area contributed by atoms with Gasteiger partial charge in [-0.15, -0.1) is 0 Å². The molecule has 0 radical (unpaired) electrons. The molecule has 0 saturated carbocycles. The fraction of sp³-hybridized carbons (Fsp3) is 0.286. The Hall–Kier alpha value is -3.72. The summed E-state index contributed by atoms with van der Waals surface area (Å²) in [6.07, 6.45) is -10.2. The van der Waals surface area contributed by atoms with Gasteiger partial charge in [-0.1, -0.05) is 24.3 Å². The lowest BCUT2D eigenvalue weighted by Crippen LogP contribution is -2.22. The molecular weight excluding hydrogens is 430 g/mol. The van der Waals surface area contributed by atoms with E-state index in [1.165, 1.54) is 0 Å². The Balaban J connectivity index is 0. The van der Waals surface area contributed by atoms with Gasteiger partial charge in [-0.2, -0.15) is 26.3 Å². The summed E-state index contributed by atoms with van der Waals surface area (Å²) in [5, 5.41) is 14.2. The van der Waals surface area contributed by atoms with Gasteiger partial charge < -0.3 is 33.1 Å². The highest BCUT2D eigenvalue weighted by atomic mass is 19.4. The van der Waals surface area contributed by atoms with Crippen LogP contribution in [-0.4, -0.2) is 46.4 Å². The highest BCUT2D eigenvalue weighted by Crippen LogP contribution is 2.13. The topological polar surface area (TPSA) is 203 Å². The predicted molar refractivity (Wildman–Crippen MR) is 92.9 cm³/mol. The summed E-state index contributed by atoms with van der Waals surface area (Å²) in [6, 6.07) is 7.74. The van der Waals surface area contributed by atoms with E-state index in [0.717, 1.165) is 11.1 Å². The summed E-state index contributed by atoms with van der Waals surface area (Å²) in [6.45, 7) is 0.954. The van der Waals surface area contributed by atoms with E-state index in [1.807, 2.05) is 24.3 Å². The molecule has 10 nitrogen and oxygen atoms in total. The lowest BCUT2D eigenvalue weighted by atomic mass is 10.1. The van der Waals surface area contributed by atoms with E-state index >= 15 is 0 Å². The summed E-state index contributed by atoms with van der Waals surface area (Å²) < 4.78 is 63.5. The van der Waals surface area contributed by atoms with Crippen LogP contribution in [0.5, 0.6) is 0 Å². The van der Waals surface area contributed by atoms with Crippen molar-refractivity contribution in [3.63, 3.8) is 0 Å². The average Bonchev–Trinajstić information content (AvgIpc) is 2.58. The maximum atomic E-state index is 10.6. The molecule has 0 amide bonds. The Labute approximate surface area is 164 Å². The van der Waals surface area contributed by atoms with Crippen molar-refractivity contribution in [1.82, 2.24) is 0 Å². The molecule has 0 unspecified atom stereocenters. The van der Waals surface area contributed by atoms with E-state index in [9.17, 15) is 26.3 Å². The van der Waals surface area contributed by atoms with Gasteiger partial charge in [0.1, 0.15) is 0 Å². The van der Waals surface area contributed by atoms with E-state index in [1.54, 1.807) is 0 Å². The van der Waals surface area contributed by atoms with Crippen LogP contribution >= 0.6 is 0 Å². The summed E-state index contributed by atoms with van der Waals surface area (Å²) in [5.41, 5.74) is 23.0. The SMILES string of the molecule is NC(N)=NCc1ccc(CN=C(N)N)cc1.O=C(O)C(F)(F)F.O=C(O)C(F)(F)F. The number of guanidine groups is 2. The first-order valence-corrected chi connectivity index (χ1v) is 7.25. The molecule has 0 atom stereocenters. The number of carboxylic acids is 2. The normalized spacial score (nSPS) is 10.3. The van der Waals surface area contributed by atoms with Crippen molar-refractivity contribution in [2.75, 3.05) is 0 Å². The molecule has 16 heteroatoms. The second kappa shape index (κ2) is 12.7. The summed E-state index contributed by atoms with van der Waals surface area (Å²) in [4.78, 5) is 25.6. The van der Waals surface area contributed by atoms with Gasteiger partial charge in [0.15, 0.2) is 11.9 Å². The molecule has 0 aliphatic carbocycles. The molecule has 170 valence electrons. The summed E-state index contributed by atoms with van der Waals surface area (Å²) in [7, 11) is 0. The van der Waals surface area contributed by atoms with Crippen LogP contribution < -0.4 is 22.9 Å². The number of alkyl halides is 6. The number of nitrogens with zero attached hydrogens (tertiary/aromatic N) is 2. The lowest BCUT2D eigenvalue weighted by Gasteiger charge is -2.00. The number of benzene rings is 1. The molecular formula is C14H18F6N6O4. The number of nitrogens with two attached hydrogens (primary N) is 4. The fourth-order valence-corrected chi connectivity index (χ4v) is 1.12. The van der Waals surface area contributed by atoms with Gasteiger partial charge in [-0.3, -0.25) is 0 Å². The Kier molecular flexibility index (Phi) is 12.0. The van der Waals surface area contributed by atoms with E-state index in [0.29, 0.717) is 13.1 Å². The summed E-state index contributed by atoms with van der Waals surface area (Å²) >= 11 is 0. The van der Waals surface area contributed by atoms with Gasteiger partial charge in [0.25, 0.3) is 0 Å². The van der Waals surface area contributed by atoms with Crippen LogP contribution in [0.1, 0.15) is 11.1 Å². The van der Waals surface area contributed by atoms with E-state index in [4.69, 9.17) is 42.7 Å². The van der Waals surface area contributed by atoms with Gasteiger partial charge >= 0.3 is 24.3 Å². The van der Waals surface area contributed by atoms with Crippen LogP contribution in [0.4, 0.5) is 26.3 Å². The van der Waals surface area contributed by atoms with Gasteiger partial charge in [0, 0.05) is 0 Å². The molecule has 0 aromatic heterocycles. The number of aliphatic carboxylic acids is 2. The molecule has 1 rings (SSSR count). The Bertz CT molecular complexity index is 676. The van der Waals surface area contributed by atoms with Crippen molar-refractivity contribution in [2.45, 2.75) is 25.4 Å². The van der Waals surface area contributed by atoms with E-state index in [-0.39, 0.29) is 11.9 Å². The van der Waals surface area contributed by atoms with Crippen molar-refractivity contribution in [1.29, 1.82) is 0 Å². The number of carboxylic acid groups (broad SMARTS) is 2. The molecule has 1 aromatic rings. The molecule has 0 aliphatic rings. The van der Waals surface area contributed by atoms with E-state index in [2.05, 4.69) is 9.98 Å². The number of aliphatic imine (C=N–C) groups is 2. The molecule has 0 heterocycles. The molecule has 0 fully saturated rings. The average molecular weight is 448 g/mol. The lowest BCUT2D eigenvalue weighted by molar-refractivity contribution is -0.193. The number of halogens is 6. The van der Waals surface area contributed by atoms with Crippen LogP contribution in [0.25, 0.3) is 0 Å². The Morgan fingerprint density at radius 2 is 0.900 bits per heavy atom. The maximum absolute atomic E-state index is 10.6. The number of hydrogen-bond acceptors (Lipinski definition) is 4. The minimum absolute atomic E-state index is 0.0876. The molecule has 1 aromatic carbocycles. The zero-order valence-electron chi connectivity index (χ0n) is 14.9. The largest absolute Gasteiger partial charge is 0.490 e. The van der Waals surface area contributed by atoms with Crippen molar-refractivity contribution in [2.24, 2.45) is 32.9 Å². The minimum atomic E-state index is -5.08. The molecule has 0 spiro atoms. The van der Waals surface area contributed by atoms with Gasteiger partial charge in [-0.25, -0.2) is 19.6 Å². The zero-order chi connectivity index (χ0) is 24.1. The second-order valence-electron chi connectivity index (χ2n) is 4.90. The number of carbonyl (C=O) groups is 2. The van der Waals surface area contributed by atoms with Gasteiger partial charge in [0.2, 0.25) is 0 Å². The quantitative estimate of drug-likeness (QED) is 0.217. The molecule has 30 heavy (non-hydrogen) atoms. The molecule has 10 N–H and O–H groups in total. The van der Waals surface area contributed by atoms with Gasteiger partial charge in [0.05, 0.1) is 13.1 Å². The van der Waals surface area contributed by atoms with Crippen molar-refractivity contribution >= 4 is 23.9 Å². The fourth-order valence-electron chi connectivity index (χ4n) is 1.12. The van der Waals surface area contributed by atoms with Gasteiger partial charge in [-0.05, 0) is 11.1 Å². The molecule has 0 aliphatic heterocycles. The minimum Gasteiger partial charge on any atom is -0.475 e. The smallest absolute Gasteiger partial charge is 0.475 e. The van der Waals surface area contributed by atoms with Crippen molar-refractivity contribution < 1.29 is 46.1 Å².